The lowest BCUT2D eigenvalue weighted by Gasteiger charge is -2.27. The third kappa shape index (κ3) is 5.39. The third-order valence-electron chi connectivity index (χ3n) is 2.94. The number of likely N-dealkylation sites (N-methyl/N-ethyl adjacent to an activating group) is 1. The summed E-state index contributed by atoms with van der Waals surface area (Å²) in [6, 6.07) is 5.92. The lowest BCUT2D eigenvalue weighted by Crippen LogP contribution is -2.36. The van der Waals surface area contributed by atoms with Crippen molar-refractivity contribution in [2.75, 3.05) is 24.6 Å². The first-order chi connectivity index (χ1) is 8.87. The average molecular weight is 285 g/mol. The highest BCUT2D eigenvalue weighted by molar-refractivity contribution is 6.30. The molecule has 4 heteroatoms. The quantitative estimate of drug-likeness (QED) is 0.843. The fourth-order valence-corrected chi connectivity index (χ4v) is 2.13. The highest BCUT2D eigenvalue weighted by Gasteiger charge is 2.13. The summed E-state index contributed by atoms with van der Waals surface area (Å²) in [5, 5.41) is 13.4. The minimum Gasteiger partial charge on any atom is -0.395 e. The lowest BCUT2D eigenvalue weighted by atomic mass is 10.1. The molecular weight excluding hydrogens is 260 g/mol. The van der Waals surface area contributed by atoms with Gasteiger partial charge in [-0.25, -0.2) is 0 Å². The highest BCUT2D eigenvalue weighted by atomic mass is 35.5. The summed E-state index contributed by atoms with van der Waals surface area (Å²) in [5.74, 6) is 0. The van der Waals surface area contributed by atoms with Crippen LogP contribution < -0.4 is 10.2 Å². The summed E-state index contributed by atoms with van der Waals surface area (Å²) >= 11 is 6.10. The first-order valence-corrected chi connectivity index (χ1v) is 7.14. The van der Waals surface area contributed by atoms with Gasteiger partial charge in [0.05, 0.1) is 6.61 Å². The normalized spacial score (nSPS) is 11.7. The van der Waals surface area contributed by atoms with Crippen molar-refractivity contribution in [1.82, 2.24) is 5.32 Å². The van der Waals surface area contributed by atoms with E-state index in [1.807, 2.05) is 18.2 Å². The molecule has 0 saturated carbocycles. The topological polar surface area (TPSA) is 35.5 Å². The van der Waals surface area contributed by atoms with Crippen LogP contribution in [0.15, 0.2) is 18.2 Å². The van der Waals surface area contributed by atoms with E-state index in [-0.39, 0.29) is 12.1 Å². The molecule has 108 valence electrons. The smallest absolute Gasteiger partial charge is 0.0606 e. The fraction of sp³-hybridized carbons (Fsp3) is 0.600. The Morgan fingerprint density at radius 3 is 2.53 bits per heavy atom. The van der Waals surface area contributed by atoms with Gasteiger partial charge in [-0.2, -0.15) is 0 Å². The van der Waals surface area contributed by atoms with E-state index in [0.717, 1.165) is 29.4 Å². The van der Waals surface area contributed by atoms with Gasteiger partial charge in [0.25, 0.3) is 0 Å². The molecule has 0 radical (unpaired) electrons. The van der Waals surface area contributed by atoms with Crippen molar-refractivity contribution in [2.45, 2.75) is 39.8 Å². The number of hydrogen-bond acceptors (Lipinski definition) is 3. The Hall–Kier alpha value is -0.770. The lowest BCUT2D eigenvalue weighted by molar-refractivity contribution is 0.302. The van der Waals surface area contributed by atoms with Gasteiger partial charge in [0.15, 0.2) is 0 Å². The average Bonchev–Trinajstić information content (AvgIpc) is 2.33. The SMILES string of the molecule is CCN(CCO)c1ccc(Cl)cc1CNC(C)(C)C. The number of anilines is 1. The number of aliphatic hydroxyl groups excluding tert-OH is 1. The molecule has 1 aromatic carbocycles. The van der Waals surface area contributed by atoms with Gasteiger partial charge in [-0.05, 0) is 51.5 Å². The van der Waals surface area contributed by atoms with Crippen molar-refractivity contribution in [3.63, 3.8) is 0 Å². The monoisotopic (exact) mass is 284 g/mol. The second-order valence-corrected chi connectivity index (χ2v) is 6.12. The van der Waals surface area contributed by atoms with Crippen molar-refractivity contribution < 1.29 is 5.11 Å². The number of aliphatic hydroxyl groups is 1. The van der Waals surface area contributed by atoms with Gasteiger partial charge in [-0.15, -0.1) is 0 Å². The Morgan fingerprint density at radius 1 is 1.32 bits per heavy atom. The number of halogens is 1. The van der Waals surface area contributed by atoms with Gasteiger partial charge in [0.2, 0.25) is 0 Å². The Bertz CT molecular complexity index is 402. The predicted molar refractivity (Wildman–Crippen MR) is 83.0 cm³/mol. The Labute approximate surface area is 121 Å². The molecule has 0 aliphatic carbocycles. The summed E-state index contributed by atoms with van der Waals surface area (Å²) < 4.78 is 0. The minimum absolute atomic E-state index is 0.0631. The van der Waals surface area contributed by atoms with Gasteiger partial charge in [-0.1, -0.05) is 11.6 Å². The van der Waals surface area contributed by atoms with Gasteiger partial charge in [-0.3, -0.25) is 0 Å². The van der Waals surface area contributed by atoms with Crippen LogP contribution in [-0.2, 0) is 6.54 Å². The van der Waals surface area contributed by atoms with Gasteiger partial charge < -0.3 is 15.3 Å². The molecule has 0 spiro atoms. The molecule has 0 heterocycles. The molecule has 1 rings (SSSR count). The van der Waals surface area contributed by atoms with Crippen LogP contribution in [0.2, 0.25) is 5.02 Å². The summed E-state index contributed by atoms with van der Waals surface area (Å²) in [6.45, 7) is 10.9. The molecule has 0 aromatic heterocycles. The molecule has 0 aliphatic rings. The molecule has 0 unspecified atom stereocenters. The van der Waals surface area contributed by atoms with Crippen molar-refractivity contribution in [3.8, 4) is 0 Å². The molecule has 19 heavy (non-hydrogen) atoms. The fourth-order valence-electron chi connectivity index (χ4n) is 1.93. The van der Waals surface area contributed by atoms with Crippen LogP contribution in [-0.4, -0.2) is 30.3 Å². The Morgan fingerprint density at radius 2 is 2.00 bits per heavy atom. The number of nitrogens with zero attached hydrogens (tertiary/aromatic N) is 1. The number of benzene rings is 1. The van der Waals surface area contributed by atoms with Crippen LogP contribution in [0.25, 0.3) is 0 Å². The Balaban J connectivity index is 2.96. The molecule has 2 N–H and O–H groups in total. The molecule has 3 nitrogen and oxygen atoms in total. The summed E-state index contributed by atoms with van der Waals surface area (Å²) in [5.41, 5.74) is 2.36. The summed E-state index contributed by atoms with van der Waals surface area (Å²) in [7, 11) is 0. The second-order valence-electron chi connectivity index (χ2n) is 5.68. The van der Waals surface area contributed by atoms with E-state index < -0.39 is 0 Å². The van der Waals surface area contributed by atoms with Crippen molar-refractivity contribution >= 4 is 17.3 Å². The molecule has 0 fully saturated rings. The molecule has 0 atom stereocenters. The maximum Gasteiger partial charge on any atom is 0.0606 e. The third-order valence-corrected chi connectivity index (χ3v) is 3.18. The van der Waals surface area contributed by atoms with Crippen LogP contribution in [0.1, 0.15) is 33.3 Å². The number of nitrogens with one attached hydrogen (secondary N) is 1. The Kier molecular flexibility index (Phi) is 6.11. The zero-order valence-corrected chi connectivity index (χ0v) is 13.1. The number of rotatable bonds is 6. The summed E-state index contributed by atoms with van der Waals surface area (Å²) in [6.07, 6.45) is 0. The van der Waals surface area contributed by atoms with E-state index in [1.165, 1.54) is 0 Å². The van der Waals surface area contributed by atoms with Crippen molar-refractivity contribution in [1.29, 1.82) is 0 Å². The van der Waals surface area contributed by atoms with Crippen molar-refractivity contribution in [2.24, 2.45) is 0 Å². The zero-order chi connectivity index (χ0) is 14.5. The van der Waals surface area contributed by atoms with Gasteiger partial charge in [0, 0.05) is 35.9 Å². The molecule has 0 amide bonds. The van der Waals surface area contributed by atoms with E-state index in [2.05, 4.69) is 37.9 Å². The van der Waals surface area contributed by atoms with Crippen LogP contribution >= 0.6 is 11.6 Å². The van der Waals surface area contributed by atoms with E-state index in [4.69, 9.17) is 16.7 Å². The van der Waals surface area contributed by atoms with Gasteiger partial charge >= 0.3 is 0 Å². The van der Waals surface area contributed by atoms with E-state index >= 15 is 0 Å². The van der Waals surface area contributed by atoms with Crippen LogP contribution in [0, 0.1) is 0 Å². The van der Waals surface area contributed by atoms with Crippen LogP contribution in [0.4, 0.5) is 5.69 Å². The maximum absolute atomic E-state index is 9.15. The first-order valence-electron chi connectivity index (χ1n) is 6.76. The summed E-state index contributed by atoms with van der Waals surface area (Å²) in [4.78, 5) is 2.16. The molecular formula is C15H25ClN2O. The van der Waals surface area contributed by atoms with E-state index in [0.29, 0.717) is 6.54 Å². The zero-order valence-electron chi connectivity index (χ0n) is 12.3. The molecule has 0 bridgehead atoms. The first kappa shape index (κ1) is 16.3. The number of hydrogen-bond donors (Lipinski definition) is 2. The second kappa shape index (κ2) is 7.13. The molecule has 0 aliphatic heterocycles. The molecule has 0 saturated heterocycles. The minimum atomic E-state index is 0.0631. The van der Waals surface area contributed by atoms with E-state index in [9.17, 15) is 0 Å². The van der Waals surface area contributed by atoms with Crippen molar-refractivity contribution in [3.05, 3.63) is 28.8 Å². The molecule has 1 aromatic rings. The predicted octanol–water partition coefficient (Wildman–Crippen LogP) is 3.05. The maximum atomic E-state index is 9.15. The van der Waals surface area contributed by atoms with Gasteiger partial charge in [0.1, 0.15) is 0 Å². The standard InChI is InChI=1S/C15H25ClN2O/c1-5-18(8-9-19)14-7-6-13(16)10-12(14)11-17-15(2,3)4/h6-7,10,17,19H,5,8-9,11H2,1-4H3. The van der Waals surface area contributed by atoms with E-state index in [1.54, 1.807) is 0 Å². The van der Waals surface area contributed by atoms with Crippen LogP contribution in [0.5, 0.6) is 0 Å². The highest BCUT2D eigenvalue weighted by Crippen LogP contribution is 2.24. The largest absolute Gasteiger partial charge is 0.395 e. The van der Waals surface area contributed by atoms with Crippen LogP contribution in [0.3, 0.4) is 0 Å².